The summed E-state index contributed by atoms with van der Waals surface area (Å²) in [6.07, 6.45) is 4.38. The molecule has 44 heavy (non-hydrogen) atoms. The number of amides is 2. The van der Waals surface area contributed by atoms with Crippen molar-refractivity contribution < 1.29 is 19.5 Å². The molecule has 3 atom stereocenters. The molecule has 1 heterocycles. The first kappa shape index (κ1) is 29.3. The van der Waals surface area contributed by atoms with Gasteiger partial charge in [-0.25, -0.2) is 4.98 Å². The number of carboxylic acids is 1. The first-order valence-corrected chi connectivity index (χ1v) is 16.0. The van der Waals surface area contributed by atoms with Crippen LogP contribution in [0.25, 0.3) is 22.0 Å². The number of carbonyl (C=O) groups is 3. The van der Waals surface area contributed by atoms with Crippen molar-refractivity contribution in [1.82, 2.24) is 4.98 Å². The Morgan fingerprint density at radius 3 is 2.36 bits per heavy atom. The van der Waals surface area contributed by atoms with Crippen LogP contribution in [0.5, 0.6) is 0 Å². The van der Waals surface area contributed by atoms with Crippen molar-refractivity contribution in [2.24, 2.45) is 11.8 Å². The summed E-state index contributed by atoms with van der Waals surface area (Å²) in [5.41, 5.74) is 3.15. The molecular formula is C35H29N3O4S2. The van der Waals surface area contributed by atoms with Crippen molar-refractivity contribution >= 4 is 62.5 Å². The molecular weight excluding hydrogens is 591 g/mol. The van der Waals surface area contributed by atoms with E-state index in [0.717, 1.165) is 32.5 Å². The molecule has 3 unspecified atom stereocenters. The third-order valence-corrected chi connectivity index (χ3v) is 9.57. The molecule has 4 aromatic carbocycles. The highest BCUT2D eigenvalue weighted by Gasteiger charge is 2.34. The summed E-state index contributed by atoms with van der Waals surface area (Å²) in [6.45, 7) is 0. The zero-order chi connectivity index (χ0) is 30.5. The highest BCUT2D eigenvalue weighted by atomic mass is 32.2. The molecule has 0 spiro atoms. The van der Waals surface area contributed by atoms with Gasteiger partial charge in [-0.05, 0) is 53.4 Å². The molecule has 0 radical (unpaired) electrons. The van der Waals surface area contributed by atoms with Gasteiger partial charge in [-0.2, -0.15) is 0 Å². The van der Waals surface area contributed by atoms with E-state index in [1.54, 1.807) is 12.1 Å². The van der Waals surface area contributed by atoms with E-state index < -0.39 is 23.1 Å². The van der Waals surface area contributed by atoms with Crippen molar-refractivity contribution in [3.63, 3.8) is 0 Å². The molecule has 6 rings (SSSR count). The molecule has 0 saturated heterocycles. The Labute approximate surface area is 263 Å². The number of thiazole rings is 1. The molecule has 5 aromatic rings. The first-order valence-electron chi connectivity index (χ1n) is 14.2. The van der Waals surface area contributed by atoms with Gasteiger partial charge in [0.15, 0.2) is 5.13 Å². The first-order chi connectivity index (χ1) is 21.4. The van der Waals surface area contributed by atoms with Gasteiger partial charge in [0.2, 0.25) is 11.8 Å². The Balaban J connectivity index is 1.18. The molecule has 0 bridgehead atoms. The second-order valence-electron chi connectivity index (χ2n) is 10.5. The van der Waals surface area contributed by atoms with E-state index in [2.05, 4.69) is 34.9 Å². The lowest BCUT2D eigenvalue weighted by atomic mass is 9.82. The molecule has 9 heteroatoms. The van der Waals surface area contributed by atoms with Crippen LogP contribution in [0.3, 0.4) is 0 Å². The van der Waals surface area contributed by atoms with Gasteiger partial charge in [-0.1, -0.05) is 84.9 Å². The lowest BCUT2D eigenvalue weighted by Crippen LogP contribution is -2.34. The number of anilines is 2. The Bertz CT molecular complexity index is 1850. The number of hydrogen-bond donors (Lipinski definition) is 3. The number of nitrogens with zero attached hydrogens (tertiary/aromatic N) is 1. The van der Waals surface area contributed by atoms with Gasteiger partial charge in [0.25, 0.3) is 0 Å². The van der Waals surface area contributed by atoms with Crippen LogP contribution in [0.1, 0.15) is 23.7 Å². The number of aliphatic carboxylic acids is 1. The number of benzene rings is 4. The van der Waals surface area contributed by atoms with Crippen molar-refractivity contribution in [3.05, 3.63) is 120 Å². The second-order valence-corrected chi connectivity index (χ2v) is 12.5. The summed E-state index contributed by atoms with van der Waals surface area (Å²) in [6, 6.07) is 31.1. The van der Waals surface area contributed by atoms with Gasteiger partial charge in [-0.3, -0.25) is 14.4 Å². The molecule has 2 amide bonds. The van der Waals surface area contributed by atoms with E-state index >= 15 is 0 Å². The number of aromatic nitrogens is 1. The van der Waals surface area contributed by atoms with E-state index in [-0.39, 0.29) is 11.8 Å². The van der Waals surface area contributed by atoms with Gasteiger partial charge in [0, 0.05) is 21.5 Å². The minimum atomic E-state index is -0.972. The van der Waals surface area contributed by atoms with Crippen molar-refractivity contribution in [3.8, 4) is 11.3 Å². The van der Waals surface area contributed by atoms with Gasteiger partial charge >= 0.3 is 5.97 Å². The number of allylic oxidation sites excluding steroid dienone is 2. The van der Waals surface area contributed by atoms with Gasteiger partial charge < -0.3 is 15.7 Å². The number of hydrogen-bond acceptors (Lipinski definition) is 6. The van der Waals surface area contributed by atoms with Crippen LogP contribution >= 0.6 is 23.1 Å². The van der Waals surface area contributed by atoms with E-state index in [1.807, 2.05) is 78.2 Å². The maximum absolute atomic E-state index is 13.7. The lowest BCUT2D eigenvalue weighted by Gasteiger charge is -2.24. The topological polar surface area (TPSA) is 108 Å². The molecule has 220 valence electrons. The lowest BCUT2D eigenvalue weighted by molar-refractivity contribution is -0.146. The number of rotatable bonds is 9. The molecule has 1 aliphatic rings. The minimum absolute atomic E-state index is 0.214. The fraction of sp³-hybridized carbons (Fsp3) is 0.143. The average molecular weight is 620 g/mol. The van der Waals surface area contributed by atoms with E-state index in [1.165, 1.54) is 23.1 Å². The third-order valence-electron chi connectivity index (χ3n) is 7.56. The zero-order valence-electron chi connectivity index (χ0n) is 23.6. The molecule has 0 saturated carbocycles. The predicted octanol–water partition coefficient (Wildman–Crippen LogP) is 8.04. The van der Waals surface area contributed by atoms with Gasteiger partial charge in [0.1, 0.15) is 5.25 Å². The minimum Gasteiger partial charge on any atom is -0.481 e. The molecule has 3 N–H and O–H groups in total. The Hall–Kier alpha value is -4.73. The largest absolute Gasteiger partial charge is 0.481 e. The Morgan fingerprint density at radius 1 is 0.818 bits per heavy atom. The maximum Gasteiger partial charge on any atom is 0.307 e. The average Bonchev–Trinajstić information content (AvgIpc) is 3.52. The second kappa shape index (κ2) is 13.3. The fourth-order valence-electron chi connectivity index (χ4n) is 5.28. The van der Waals surface area contributed by atoms with Crippen LogP contribution in [0.2, 0.25) is 0 Å². The summed E-state index contributed by atoms with van der Waals surface area (Å²) in [5, 5.41) is 19.6. The number of carboxylic acid groups (broad SMARTS) is 1. The Kier molecular flexibility index (Phi) is 8.86. The summed E-state index contributed by atoms with van der Waals surface area (Å²) >= 11 is 2.74. The predicted molar refractivity (Wildman–Crippen MR) is 177 cm³/mol. The fourth-order valence-corrected chi connectivity index (χ4v) is 7.09. The monoisotopic (exact) mass is 619 g/mol. The number of nitrogens with one attached hydrogen (secondary N) is 2. The van der Waals surface area contributed by atoms with Crippen molar-refractivity contribution in [1.29, 1.82) is 0 Å². The van der Waals surface area contributed by atoms with Crippen LogP contribution in [0, 0.1) is 11.8 Å². The highest BCUT2D eigenvalue weighted by Crippen LogP contribution is 2.38. The Morgan fingerprint density at radius 2 is 1.57 bits per heavy atom. The van der Waals surface area contributed by atoms with Crippen LogP contribution in [0.4, 0.5) is 10.8 Å². The molecule has 0 fully saturated rings. The quantitative estimate of drug-likeness (QED) is 0.114. The smallest absolute Gasteiger partial charge is 0.307 e. The van der Waals surface area contributed by atoms with Gasteiger partial charge in [0.05, 0.1) is 17.5 Å². The summed E-state index contributed by atoms with van der Waals surface area (Å²) in [5.74, 6) is -2.91. The molecule has 1 aliphatic carbocycles. The third kappa shape index (κ3) is 6.74. The van der Waals surface area contributed by atoms with E-state index in [4.69, 9.17) is 4.98 Å². The van der Waals surface area contributed by atoms with Crippen LogP contribution in [0.15, 0.2) is 119 Å². The number of thioether (sulfide) groups is 1. The number of carbonyl (C=O) groups excluding carboxylic acids is 2. The molecule has 0 aliphatic heterocycles. The highest BCUT2D eigenvalue weighted by molar-refractivity contribution is 8.00. The SMILES string of the molecule is O=C(Nc1nc(-c2ccc3ccccc3c2)cs1)C(Sc1cccc(NC(=O)C2CC=CCC2C(=O)O)c1)c1ccccc1. The van der Waals surface area contributed by atoms with Crippen LogP contribution in [-0.2, 0) is 14.4 Å². The number of fused-ring (bicyclic) bond motifs is 1. The van der Waals surface area contributed by atoms with Crippen LogP contribution in [-0.4, -0.2) is 27.9 Å². The summed E-state index contributed by atoms with van der Waals surface area (Å²) in [7, 11) is 0. The maximum atomic E-state index is 13.7. The molecule has 1 aromatic heterocycles. The summed E-state index contributed by atoms with van der Waals surface area (Å²) in [4.78, 5) is 43.9. The van der Waals surface area contributed by atoms with E-state index in [9.17, 15) is 19.5 Å². The zero-order valence-corrected chi connectivity index (χ0v) is 25.2. The summed E-state index contributed by atoms with van der Waals surface area (Å²) < 4.78 is 0. The van der Waals surface area contributed by atoms with Gasteiger partial charge in [-0.15, -0.1) is 23.1 Å². The van der Waals surface area contributed by atoms with Crippen LogP contribution < -0.4 is 10.6 Å². The van der Waals surface area contributed by atoms with Crippen molar-refractivity contribution in [2.75, 3.05) is 10.6 Å². The standard InChI is InChI=1S/C35H29N3O4S2/c39-32(28-15-6-7-16-29(28)34(41)42)36-26-13-8-14-27(20-26)44-31(23-10-2-1-3-11-23)33(40)38-35-37-30(21-43-35)25-18-17-22-9-4-5-12-24(22)19-25/h1-14,17-21,28-29,31H,15-16H2,(H,36,39)(H,41,42)(H,37,38,40). The molecule has 7 nitrogen and oxygen atoms in total. The van der Waals surface area contributed by atoms with E-state index in [0.29, 0.717) is 23.7 Å². The van der Waals surface area contributed by atoms with Crippen molar-refractivity contribution in [2.45, 2.75) is 23.0 Å². The normalized spacial score (nSPS) is 16.7.